The first kappa shape index (κ1) is 23.7. The molecule has 0 bridgehead atoms. The maximum Gasteiger partial charge on any atom is 0.416 e. The molecule has 1 fully saturated rings. The number of nitrogens with zero attached hydrogens (tertiary/aromatic N) is 1. The van der Waals surface area contributed by atoms with Gasteiger partial charge >= 0.3 is 12.4 Å². The molecule has 0 aromatic heterocycles. The summed E-state index contributed by atoms with van der Waals surface area (Å²) in [5.74, 6) is -3.26. The number of benzene rings is 2. The number of carbonyl (C=O) groups excluding carboxylic acids is 2. The zero-order valence-electron chi connectivity index (χ0n) is 16.2. The number of likely N-dealkylation sites (tertiary alicyclic amines) is 1. The van der Waals surface area contributed by atoms with Crippen LogP contribution in [0.2, 0.25) is 0 Å². The molecule has 0 spiro atoms. The summed E-state index contributed by atoms with van der Waals surface area (Å²) >= 11 is 0. The van der Waals surface area contributed by atoms with E-state index in [0.29, 0.717) is 18.2 Å². The molecule has 0 radical (unpaired) electrons. The van der Waals surface area contributed by atoms with Gasteiger partial charge in [0.1, 0.15) is 17.4 Å². The van der Waals surface area contributed by atoms with Gasteiger partial charge in [-0.15, -0.1) is 0 Å². The largest absolute Gasteiger partial charge is 0.416 e. The van der Waals surface area contributed by atoms with Gasteiger partial charge in [-0.3, -0.25) is 9.59 Å². The number of piperidine rings is 1. The Morgan fingerprint density at radius 2 is 1.41 bits per heavy atom. The van der Waals surface area contributed by atoms with Gasteiger partial charge in [0.2, 0.25) is 0 Å². The average molecular weight is 465 g/mol. The average Bonchev–Trinajstić information content (AvgIpc) is 2.65. The van der Waals surface area contributed by atoms with Crippen LogP contribution in [0.4, 0.5) is 35.1 Å². The highest BCUT2D eigenvalue weighted by Gasteiger charge is 2.39. The fraction of sp³-hybridized carbons (Fsp3) is 0.333. The van der Waals surface area contributed by atoms with Crippen molar-refractivity contribution in [2.75, 3.05) is 6.54 Å². The van der Waals surface area contributed by atoms with Gasteiger partial charge in [0, 0.05) is 37.1 Å². The van der Waals surface area contributed by atoms with E-state index in [0.717, 1.165) is 17.0 Å². The Hall–Kier alpha value is -2.98. The quantitative estimate of drug-likeness (QED) is 0.568. The van der Waals surface area contributed by atoms with Crippen LogP contribution in [0.15, 0.2) is 36.4 Å². The smallest absolute Gasteiger partial charge is 0.334 e. The second-order valence-electron chi connectivity index (χ2n) is 7.42. The maximum atomic E-state index is 13.5. The van der Waals surface area contributed by atoms with Crippen LogP contribution in [-0.4, -0.2) is 29.2 Å². The summed E-state index contributed by atoms with van der Waals surface area (Å²) < 4.78 is 106. The van der Waals surface area contributed by atoms with E-state index in [1.807, 2.05) is 0 Å². The van der Waals surface area contributed by atoms with Gasteiger partial charge in [-0.25, -0.2) is 8.78 Å². The van der Waals surface area contributed by atoms with Gasteiger partial charge in [0.25, 0.3) is 5.91 Å². The van der Waals surface area contributed by atoms with E-state index in [1.54, 1.807) is 0 Å². The fourth-order valence-electron chi connectivity index (χ4n) is 3.60. The lowest BCUT2D eigenvalue weighted by Crippen LogP contribution is -2.47. The van der Waals surface area contributed by atoms with Crippen molar-refractivity contribution in [3.05, 3.63) is 70.3 Å². The van der Waals surface area contributed by atoms with Crippen molar-refractivity contribution in [3.8, 4) is 0 Å². The van der Waals surface area contributed by atoms with Gasteiger partial charge in [-0.2, -0.15) is 26.3 Å². The second kappa shape index (κ2) is 8.51. The minimum absolute atomic E-state index is 0.0834. The summed E-state index contributed by atoms with van der Waals surface area (Å²) in [6, 6.07) is 2.09. The Morgan fingerprint density at radius 3 is 1.91 bits per heavy atom. The number of alkyl halides is 6. The fourth-order valence-corrected chi connectivity index (χ4v) is 3.60. The van der Waals surface area contributed by atoms with E-state index in [4.69, 9.17) is 0 Å². The Kier molecular flexibility index (Phi) is 6.30. The van der Waals surface area contributed by atoms with Crippen LogP contribution >= 0.6 is 0 Å². The molecule has 2 aromatic rings. The first-order chi connectivity index (χ1) is 14.7. The lowest BCUT2D eigenvalue weighted by Gasteiger charge is -2.35. The monoisotopic (exact) mass is 465 g/mol. The number of carbonyl (C=O) groups is 2. The normalized spacial score (nSPS) is 17.6. The van der Waals surface area contributed by atoms with Crippen LogP contribution in [-0.2, 0) is 23.6 Å². The van der Waals surface area contributed by atoms with E-state index in [1.165, 1.54) is 0 Å². The molecule has 0 aliphatic carbocycles. The van der Waals surface area contributed by atoms with Crippen molar-refractivity contribution in [1.82, 2.24) is 4.90 Å². The van der Waals surface area contributed by atoms with Crippen molar-refractivity contribution in [3.63, 3.8) is 0 Å². The van der Waals surface area contributed by atoms with E-state index in [2.05, 4.69) is 0 Å². The van der Waals surface area contributed by atoms with Crippen LogP contribution in [0, 0.1) is 11.6 Å². The molecule has 3 nitrogen and oxygen atoms in total. The molecule has 1 aliphatic rings. The summed E-state index contributed by atoms with van der Waals surface area (Å²) in [6.45, 7) is -0.252. The molecule has 1 unspecified atom stereocenters. The molecule has 3 rings (SSSR count). The molecule has 1 atom stereocenters. The first-order valence-electron chi connectivity index (χ1n) is 9.31. The van der Waals surface area contributed by atoms with Crippen molar-refractivity contribution < 1.29 is 44.7 Å². The van der Waals surface area contributed by atoms with E-state index in [-0.39, 0.29) is 43.2 Å². The predicted molar refractivity (Wildman–Crippen MR) is 95.6 cm³/mol. The van der Waals surface area contributed by atoms with E-state index in [9.17, 15) is 44.7 Å². The van der Waals surface area contributed by atoms with Gasteiger partial charge in [-0.05, 0) is 42.3 Å². The number of rotatable bonds is 3. The third kappa shape index (κ3) is 5.43. The molecule has 172 valence electrons. The van der Waals surface area contributed by atoms with Gasteiger partial charge in [-0.1, -0.05) is 0 Å². The summed E-state index contributed by atoms with van der Waals surface area (Å²) in [7, 11) is 0. The predicted octanol–water partition coefficient (Wildman–Crippen LogP) is 5.42. The Morgan fingerprint density at radius 1 is 0.875 bits per heavy atom. The molecule has 0 N–H and O–H groups in total. The number of hydrogen-bond acceptors (Lipinski definition) is 2. The molecule has 1 amide bonds. The summed E-state index contributed by atoms with van der Waals surface area (Å²) in [4.78, 5) is 25.8. The molecule has 2 aromatic carbocycles. The lowest BCUT2D eigenvalue weighted by molar-refractivity contribution is -0.143. The summed E-state index contributed by atoms with van der Waals surface area (Å²) in [5, 5.41) is 0. The molecule has 32 heavy (non-hydrogen) atoms. The molecule has 1 heterocycles. The van der Waals surface area contributed by atoms with Gasteiger partial charge in [0.15, 0.2) is 0 Å². The zero-order valence-corrected chi connectivity index (χ0v) is 16.2. The second-order valence-corrected chi connectivity index (χ2v) is 7.42. The highest BCUT2D eigenvalue weighted by atomic mass is 19.4. The first-order valence-corrected chi connectivity index (χ1v) is 9.31. The standard InChI is InChI=1S/C21H15F8NO2/c22-15-3-11(4-16(23)9-15)5-17-10-18(31)1-2-30(17)19(32)12-6-13(20(24,25)26)8-14(7-12)21(27,28)29/h3-4,6-9,17H,1-2,5,10H2. The number of Topliss-reactive ketones (excluding diaryl/α,β-unsaturated/α-hetero) is 1. The Bertz CT molecular complexity index is 993. The minimum atomic E-state index is -5.13. The van der Waals surface area contributed by atoms with Crippen molar-refractivity contribution in [1.29, 1.82) is 0 Å². The lowest BCUT2D eigenvalue weighted by atomic mass is 9.93. The van der Waals surface area contributed by atoms with Crippen LogP contribution in [0.25, 0.3) is 0 Å². The molecule has 11 heteroatoms. The maximum absolute atomic E-state index is 13.5. The molecular weight excluding hydrogens is 450 g/mol. The van der Waals surface area contributed by atoms with Crippen molar-refractivity contribution in [2.45, 2.75) is 37.7 Å². The molecule has 0 saturated carbocycles. The summed E-state index contributed by atoms with van der Waals surface area (Å²) in [6.07, 6.45) is -10.9. The Labute approximate surface area is 176 Å². The van der Waals surface area contributed by atoms with Crippen LogP contribution < -0.4 is 0 Å². The minimum Gasteiger partial charge on any atom is -0.334 e. The number of amides is 1. The van der Waals surface area contributed by atoms with E-state index >= 15 is 0 Å². The number of ketones is 1. The van der Waals surface area contributed by atoms with Crippen molar-refractivity contribution >= 4 is 11.7 Å². The topological polar surface area (TPSA) is 37.4 Å². The number of hydrogen-bond donors (Lipinski definition) is 0. The van der Waals surface area contributed by atoms with Gasteiger partial charge in [0.05, 0.1) is 11.1 Å². The number of halogens is 8. The zero-order chi connectivity index (χ0) is 23.8. The highest BCUT2D eigenvalue weighted by molar-refractivity contribution is 5.96. The van der Waals surface area contributed by atoms with Crippen LogP contribution in [0.3, 0.4) is 0 Å². The SMILES string of the molecule is O=C1CCN(C(=O)c2cc(C(F)(F)F)cc(C(F)(F)F)c2)C(Cc2cc(F)cc(F)c2)C1. The highest BCUT2D eigenvalue weighted by Crippen LogP contribution is 2.37. The third-order valence-electron chi connectivity index (χ3n) is 5.02. The third-order valence-corrected chi connectivity index (χ3v) is 5.02. The van der Waals surface area contributed by atoms with Crippen LogP contribution in [0.5, 0.6) is 0 Å². The molecule has 1 aliphatic heterocycles. The van der Waals surface area contributed by atoms with Crippen LogP contribution in [0.1, 0.15) is 39.9 Å². The molecular formula is C21H15F8NO2. The molecule has 1 saturated heterocycles. The van der Waals surface area contributed by atoms with Crippen molar-refractivity contribution in [2.24, 2.45) is 0 Å². The Balaban J connectivity index is 1.99. The summed E-state index contributed by atoms with van der Waals surface area (Å²) in [5.41, 5.74) is -4.06. The van der Waals surface area contributed by atoms with E-state index < -0.39 is 52.6 Å². The van der Waals surface area contributed by atoms with Gasteiger partial charge < -0.3 is 4.90 Å².